The Bertz CT molecular complexity index is 340. The van der Waals surface area contributed by atoms with Gasteiger partial charge in [0.1, 0.15) is 11.9 Å². The fraction of sp³-hybridized carbons (Fsp3) is 0.300. The number of para-hydroxylation sites is 1. The third-order valence-electron chi connectivity index (χ3n) is 2.01. The normalized spacial score (nSPS) is 12.1. The van der Waals surface area contributed by atoms with Gasteiger partial charge in [-0.1, -0.05) is 18.2 Å². The van der Waals surface area contributed by atoms with E-state index in [1.807, 2.05) is 0 Å². The van der Waals surface area contributed by atoms with Gasteiger partial charge in [-0.3, -0.25) is 9.63 Å². The molecule has 15 heavy (non-hydrogen) atoms. The van der Waals surface area contributed by atoms with Crippen LogP contribution in [0.15, 0.2) is 24.3 Å². The predicted molar refractivity (Wildman–Crippen MR) is 53.3 cm³/mol. The Balaban J connectivity index is 2.95. The van der Waals surface area contributed by atoms with Gasteiger partial charge in [0, 0.05) is 5.56 Å². The molecule has 0 heterocycles. The average Bonchev–Trinajstić information content (AvgIpc) is 2.25. The van der Waals surface area contributed by atoms with Gasteiger partial charge in [0.2, 0.25) is 0 Å². The molecule has 3 N–H and O–H groups in total. The van der Waals surface area contributed by atoms with Crippen LogP contribution in [0.3, 0.4) is 0 Å². The number of methoxy groups -OCH3 is 1. The van der Waals surface area contributed by atoms with Crippen LogP contribution in [-0.2, 0) is 9.63 Å². The molecule has 0 fully saturated rings. The van der Waals surface area contributed by atoms with Crippen molar-refractivity contribution >= 4 is 5.97 Å². The highest BCUT2D eigenvalue weighted by Crippen LogP contribution is 2.28. The molecule has 0 aliphatic heterocycles. The molecule has 1 aromatic rings. The first-order valence-electron chi connectivity index (χ1n) is 4.39. The summed E-state index contributed by atoms with van der Waals surface area (Å²) in [4.78, 5) is 15.2. The van der Waals surface area contributed by atoms with E-state index < -0.39 is 12.1 Å². The Morgan fingerprint density at radius 2 is 2.20 bits per heavy atom. The van der Waals surface area contributed by atoms with Gasteiger partial charge >= 0.3 is 5.97 Å². The van der Waals surface area contributed by atoms with Gasteiger partial charge in [-0.15, -0.1) is 0 Å². The first-order valence-corrected chi connectivity index (χ1v) is 4.39. The molecule has 0 saturated carbocycles. The number of hydrogen-bond donors (Lipinski definition) is 2. The molecule has 5 nitrogen and oxygen atoms in total. The first-order chi connectivity index (χ1) is 7.19. The highest BCUT2D eigenvalue weighted by Gasteiger charge is 2.18. The minimum Gasteiger partial charge on any atom is -0.496 e. The van der Waals surface area contributed by atoms with Crippen molar-refractivity contribution in [3.8, 4) is 5.75 Å². The van der Waals surface area contributed by atoms with Gasteiger partial charge in [0.05, 0.1) is 13.5 Å². The number of rotatable bonds is 5. The van der Waals surface area contributed by atoms with E-state index in [2.05, 4.69) is 4.84 Å². The van der Waals surface area contributed by atoms with E-state index in [4.69, 9.17) is 15.7 Å². The summed E-state index contributed by atoms with van der Waals surface area (Å²) >= 11 is 0. The number of nitrogens with two attached hydrogens (primary N) is 1. The molecule has 0 spiro atoms. The van der Waals surface area contributed by atoms with E-state index >= 15 is 0 Å². The summed E-state index contributed by atoms with van der Waals surface area (Å²) in [6.07, 6.45) is -0.893. The molecule has 0 aliphatic rings. The van der Waals surface area contributed by atoms with E-state index in [0.717, 1.165) is 0 Å². The van der Waals surface area contributed by atoms with Crippen LogP contribution in [0.5, 0.6) is 5.75 Å². The number of carboxylic acids is 1. The molecule has 82 valence electrons. The largest absolute Gasteiger partial charge is 0.496 e. The lowest BCUT2D eigenvalue weighted by Gasteiger charge is -2.15. The topological polar surface area (TPSA) is 81.8 Å². The Kier molecular flexibility index (Phi) is 4.08. The van der Waals surface area contributed by atoms with Crippen LogP contribution in [0, 0.1) is 0 Å². The van der Waals surface area contributed by atoms with Gasteiger partial charge in [0.15, 0.2) is 0 Å². The molecule has 0 aromatic heterocycles. The predicted octanol–water partition coefficient (Wildman–Crippen LogP) is 1.10. The molecule has 0 aliphatic carbocycles. The molecule has 1 aromatic carbocycles. The number of carboxylic acid groups (broad SMARTS) is 1. The third kappa shape index (κ3) is 2.93. The van der Waals surface area contributed by atoms with E-state index in [0.29, 0.717) is 11.3 Å². The van der Waals surface area contributed by atoms with Crippen LogP contribution in [0.2, 0.25) is 0 Å². The molecule has 0 amide bonds. The smallest absolute Gasteiger partial charge is 0.306 e. The summed E-state index contributed by atoms with van der Waals surface area (Å²) < 4.78 is 5.08. The Morgan fingerprint density at radius 3 is 2.73 bits per heavy atom. The maximum absolute atomic E-state index is 10.6. The summed E-state index contributed by atoms with van der Waals surface area (Å²) in [5, 5.41) is 8.66. The zero-order chi connectivity index (χ0) is 11.3. The standard InChI is InChI=1S/C10H13NO4/c1-14-8-5-3-2-4-7(8)9(15-11)6-10(12)13/h2-5,9H,6,11H2,1H3,(H,12,13). The fourth-order valence-electron chi connectivity index (χ4n) is 1.32. The number of carbonyl (C=O) groups is 1. The Morgan fingerprint density at radius 1 is 1.53 bits per heavy atom. The Labute approximate surface area is 87.4 Å². The lowest BCUT2D eigenvalue weighted by atomic mass is 10.1. The average molecular weight is 211 g/mol. The monoisotopic (exact) mass is 211 g/mol. The van der Waals surface area contributed by atoms with Gasteiger partial charge in [-0.05, 0) is 6.07 Å². The summed E-state index contributed by atoms with van der Waals surface area (Å²) in [6.45, 7) is 0. The number of aliphatic carboxylic acids is 1. The van der Waals surface area contributed by atoms with Crippen LogP contribution in [0.25, 0.3) is 0 Å². The summed E-state index contributed by atoms with van der Waals surface area (Å²) in [5.74, 6) is 4.65. The maximum atomic E-state index is 10.6. The molecular formula is C10H13NO4. The highest BCUT2D eigenvalue weighted by molar-refractivity contribution is 5.68. The fourth-order valence-corrected chi connectivity index (χ4v) is 1.32. The van der Waals surface area contributed by atoms with Crippen LogP contribution >= 0.6 is 0 Å². The molecule has 1 unspecified atom stereocenters. The van der Waals surface area contributed by atoms with Gasteiger partial charge in [0.25, 0.3) is 0 Å². The van der Waals surface area contributed by atoms with Gasteiger partial charge in [-0.2, -0.15) is 0 Å². The lowest BCUT2D eigenvalue weighted by Crippen LogP contribution is -2.14. The quantitative estimate of drug-likeness (QED) is 0.713. The van der Waals surface area contributed by atoms with Crippen molar-refractivity contribution in [2.45, 2.75) is 12.5 Å². The van der Waals surface area contributed by atoms with E-state index in [1.54, 1.807) is 24.3 Å². The van der Waals surface area contributed by atoms with E-state index in [1.165, 1.54) is 7.11 Å². The van der Waals surface area contributed by atoms with Crippen molar-refractivity contribution in [1.82, 2.24) is 0 Å². The molecule has 0 radical (unpaired) electrons. The molecule has 1 rings (SSSR count). The summed E-state index contributed by atoms with van der Waals surface area (Å²) in [6, 6.07) is 7.00. The van der Waals surface area contributed by atoms with Gasteiger partial charge in [-0.25, -0.2) is 5.90 Å². The van der Waals surface area contributed by atoms with Crippen LogP contribution in [-0.4, -0.2) is 18.2 Å². The van der Waals surface area contributed by atoms with Crippen molar-refractivity contribution in [3.63, 3.8) is 0 Å². The number of hydrogen-bond acceptors (Lipinski definition) is 4. The van der Waals surface area contributed by atoms with Crippen LogP contribution in [0.1, 0.15) is 18.1 Å². The van der Waals surface area contributed by atoms with Crippen molar-refractivity contribution in [2.24, 2.45) is 5.90 Å². The molecule has 0 bridgehead atoms. The van der Waals surface area contributed by atoms with Crippen molar-refractivity contribution in [1.29, 1.82) is 0 Å². The van der Waals surface area contributed by atoms with Crippen molar-refractivity contribution in [3.05, 3.63) is 29.8 Å². The number of benzene rings is 1. The first kappa shape index (κ1) is 11.5. The van der Waals surface area contributed by atoms with E-state index in [9.17, 15) is 4.79 Å². The third-order valence-corrected chi connectivity index (χ3v) is 2.01. The minimum atomic E-state index is -0.976. The Hall–Kier alpha value is -1.59. The summed E-state index contributed by atoms with van der Waals surface area (Å²) in [5.41, 5.74) is 0.630. The molecule has 1 atom stereocenters. The zero-order valence-electron chi connectivity index (χ0n) is 8.34. The molecule has 5 heteroatoms. The SMILES string of the molecule is COc1ccccc1C(CC(=O)O)ON. The zero-order valence-corrected chi connectivity index (χ0v) is 8.34. The highest BCUT2D eigenvalue weighted by atomic mass is 16.6. The van der Waals surface area contributed by atoms with Crippen LogP contribution in [0.4, 0.5) is 0 Å². The van der Waals surface area contributed by atoms with Crippen LogP contribution < -0.4 is 10.6 Å². The second-order valence-corrected chi connectivity index (χ2v) is 2.96. The maximum Gasteiger partial charge on any atom is 0.306 e. The lowest BCUT2D eigenvalue weighted by molar-refractivity contribution is -0.140. The molecule has 0 saturated heterocycles. The minimum absolute atomic E-state index is 0.198. The molecular weight excluding hydrogens is 198 g/mol. The van der Waals surface area contributed by atoms with Crippen molar-refractivity contribution in [2.75, 3.05) is 7.11 Å². The second kappa shape index (κ2) is 5.33. The van der Waals surface area contributed by atoms with Crippen molar-refractivity contribution < 1.29 is 19.5 Å². The summed E-state index contributed by atoms with van der Waals surface area (Å²) in [7, 11) is 1.51. The van der Waals surface area contributed by atoms with Gasteiger partial charge < -0.3 is 9.84 Å². The number of ether oxygens (including phenoxy) is 1. The van der Waals surface area contributed by atoms with E-state index in [-0.39, 0.29) is 6.42 Å². The second-order valence-electron chi connectivity index (χ2n) is 2.96.